The molecule has 218 valence electrons. The molecule has 1 amide bonds. The molecule has 1 aromatic heterocycles. The molecule has 9 heteroatoms. The van der Waals surface area contributed by atoms with Gasteiger partial charge in [-0.15, -0.1) is 11.3 Å². The van der Waals surface area contributed by atoms with Crippen LogP contribution in [0.25, 0.3) is 23.4 Å². The van der Waals surface area contributed by atoms with Gasteiger partial charge in [-0.3, -0.25) is 4.79 Å². The molecule has 2 N–H and O–H groups in total. The summed E-state index contributed by atoms with van der Waals surface area (Å²) in [6.07, 6.45) is 4.66. The van der Waals surface area contributed by atoms with Gasteiger partial charge in [-0.2, -0.15) is 0 Å². The lowest BCUT2D eigenvalue weighted by Crippen LogP contribution is -2.12. The van der Waals surface area contributed by atoms with E-state index < -0.39 is 9.84 Å². The van der Waals surface area contributed by atoms with Crippen molar-refractivity contribution in [1.82, 2.24) is 4.98 Å². The fourth-order valence-electron chi connectivity index (χ4n) is 4.43. The Labute approximate surface area is 260 Å². The molecule has 1 heterocycles. The van der Waals surface area contributed by atoms with E-state index in [1.807, 2.05) is 23.6 Å². The largest absolute Gasteiger partial charge is 0.506 e. The maximum Gasteiger partial charge on any atom is 0.255 e. The topological polar surface area (TPSA) is 96.4 Å². The molecule has 0 fully saturated rings. The standard InChI is InChI=1S/C34H29ClN2O4S2/c1-23-7-11-26(12-8-23)31-22-42-33(36-31)18-10-24-4-2-6-27(20-24)34(39)37-30-21-25(9-17-32(30)38)5-3-19-43(40,41)29-15-13-28(35)14-16-29/h2,4,6-18,20-22,38H,3,5,19H2,1H3,(H,37,39). The molecule has 0 aliphatic rings. The number of amides is 1. The number of aromatic nitrogens is 1. The summed E-state index contributed by atoms with van der Waals surface area (Å²) in [5.74, 6) is -0.481. The molecule has 43 heavy (non-hydrogen) atoms. The van der Waals surface area contributed by atoms with Crippen molar-refractivity contribution < 1.29 is 18.3 Å². The van der Waals surface area contributed by atoms with Gasteiger partial charge in [-0.05, 0) is 85.5 Å². The number of nitrogens with zero attached hydrogens (tertiary/aromatic N) is 1. The zero-order valence-corrected chi connectivity index (χ0v) is 25.7. The van der Waals surface area contributed by atoms with Gasteiger partial charge in [0.05, 0.1) is 22.0 Å². The number of aryl methyl sites for hydroxylation is 2. The minimum absolute atomic E-state index is 0.0359. The maximum atomic E-state index is 13.1. The van der Waals surface area contributed by atoms with Crippen LogP contribution in [-0.2, 0) is 16.3 Å². The number of phenolic OH excluding ortho intramolecular Hbond substituents is 1. The molecule has 6 nitrogen and oxygen atoms in total. The zero-order valence-electron chi connectivity index (χ0n) is 23.3. The van der Waals surface area contributed by atoms with Crippen LogP contribution in [0.4, 0.5) is 5.69 Å². The van der Waals surface area contributed by atoms with E-state index in [0.717, 1.165) is 27.4 Å². The molecule has 0 saturated heterocycles. The molecule has 0 bridgehead atoms. The molecule has 0 aliphatic heterocycles. The molecule has 0 spiro atoms. The van der Waals surface area contributed by atoms with Gasteiger partial charge in [0.25, 0.3) is 5.91 Å². The Balaban J connectivity index is 1.21. The number of nitrogens with one attached hydrogen (secondary N) is 1. The van der Waals surface area contributed by atoms with E-state index >= 15 is 0 Å². The van der Waals surface area contributed by atoms with Gasteiger partial charge < -0.3 is 10.4 Å². The normalized spacial score (nSPS) is 11.6. The summed E-state index contributed by atoms with van der Waals surface area (Å²) in [7, 11) is -3.45. The number of phenols is 1. The second-order valence-electron chi connectivity index (χ2n) is 10.1. The average molecular weight is 629 g/mol. The van der Waals surface area contributed by atoms with Gasteiger partial charge in [-0.1, -0.05) is 65.7 Å². The molecular formula is C34H29ClN2O4S2. The second-order valence-corrected chi connectivity index (χ2v) is 13.5. The van der Waals surface area contributed by atoms with E-state index in [1.54, 1.807) is 53.8 Å². The van der Waals surface area contributed by atoms with Gasteiger partial charge in [0.1, 0.15) is 10.8 Å². The number of anilines is 1. The highest BCUT2D eigenvalue weighted by atomic mass is 35.5. The first kappa shape index (κ1) is 30.2. The Morgan fingerprint density at radius 1 is 0.977 bits per heavy atom. The van der Waals surface area contributed by atoms with Gasteiger partial charge in [0, 0.05) is 21.5 Å². The number of thiazole rings is 1. The Hall–Kier alpha value is -4.24. The fourth-order valence-corrected chi connectivity index (χ4v) is 6.59. The highest BCUT2D eigenvalue weighted by Crippen LogP contribution is 2.27. The number of carbonyl (C=O) groups is 1. The number of sulfone groups is 1. The summed E-state index contributed by atoms with van der Waals surface area (Å²) in [4.78, 5) is 18.0. The molecule has 4 aromatic carbocycles. The van der Waals surface area contributed by atoms with Crippen LogP contribution >= 0.6 is 22.9 Å². The Morgan fingerprint density at radius 2 is 1.74 bits per heavy atom. The monoisotopic (exact) mass is 628 g/mol. The van der Waals surface area contributed by atoms with Gasteiger partial charge in [0.2, 0.25) is 0 Å². The van der Waals surface area contributed by atoms with Crippen LogP contribution < -0.4 is 5.32 Å². The SMILES string of the molecule is Cc1ccc(-c2csc(C=Cc3cccc(C(=O)Nc4cc(CCCS(=O)(=O)c5ccc(Cl)cc5)ccc4O)c3)n2)cc1. The number of aromatic hydroxyl groups is 1. The molecule has 5 rings (SSSR count). The van der Waals surface area contributed by atoms with E-state index in [0.29, 0.717) is 23.4 Å². The van der Waals surface area contributed by atoms with Crippen molar-refractivity contribution in [1.29, 1.82) is 0 Å². The summed E-state index contributed by atoms with van der Waals surface area (Å²) in [6, 6.07) is 26.4. The minimum atomic E-state index is -3.45. The third kappa shape index (κ3) is 7.99. The number of rotatable bonds is 10. The second kappa shape index (κ2) is 13.4. The highest BCUT2D eigenvalue weighted by Gasteiger charge is 2.15. The van der Waals surface area contributed by atoms with E-state index in [4.69, 9.17) is 16.6 Å². The van der Waals surface area contributed by atoms with Crippen LogP contribution in [0.15, 0.2) is 101 Å². The van der Waals surface area contributed by atoms with E-state index in [2.05, 4.69) is 36.5 Å². The van der Waals surface area contributed by atoms with E-state index in [9.17, 15) is 18.3 Å². The Bertz CT molecular complexity index is 1880. The van der Waals surface area contributed by atoms with Crippen LogP contribution in [0, 0.1) is 6.92 Å². The summed E-state index contributed by atoms with van der Waals surface area (Å²) < 4.78 is 25.3. The molecule has 0 unspecified atom stereocenters. The third-order valence-corrected chi connectivity index (χ3v) is 9.68. The number of halogens is 1. The van der Waals surface area contributed by atoms with E-state index in [1.165, 1.54) is 23.8 Å². The van der Waals surface area contributed by atoms with Gasteiger partial charge >= 0.3 is 0 Å². The minimum Gasteiger partial charge on any atom is -0.506 e. The van der Waals surface area contributed by atoms with Crippen LogP contribution in [-0.4, -0.2) is 30.2 Å². The molecule has 0 saturated carbocycles. The van der Waals surface area contributed by atoms with Crippen molar-refractivity contribution >= 4 is 56.5 Å². The van der Waals surface area contributed by atoms with Crippen LogP contribution in [0.5, 0.6) is 5.75 Å². The predicted molar refractivity (Wildman–Crippen MR) is 176 cm³/mol. The number of carbonyl (C=O) groups excluding carboxylic acids is 1. The summed E-state index contributed by atoms with van der Waals surface area (Å²) in [5, 5.41) is 16.5. The van der Waals surface area contributed by atoms with Gasteiger partial charge in [-0.25, -0.2) is 13.4 Å². The maximum absolute atomic E-state index is 13.1. The molecule has 5 aromatic rings. The Morgan fingerprint density at radius 3 is 2.51 bits per heavy atom. The summed E-state index contributed by atoms with van der Waals surface area (Å²) in [5.41, 5.74) is 5.50. The molecule has 0 aliphatic carbocycles. The fraction of sp³-hybridized carbons (Fsp3) is 0.118. The first-order chi connectivity index (χ1) is 20.7. The molecule has 0 radical (unpaired) electrons. The number of hydrogen-bond donors (Lipinski definition) is 2. The van der Waals surface area contributed by atoms with Crippen molar-refractivity contribution in [2.75, 3.05) is 11.1 Å². The van der Waals surface area contributed by atoms with Crippen molar-refractivity contribution in [3.63, 3.8) is 0 Å². The Kier molecular flexibility index (Phi) is 9.40. The van der Waals surface area contributed by atoms with Crippen molar-refractivity contribution in [2.45, 2.75) is 24.7 Å². The van der Waals surface area contributed by atoms with E-state index in [-0.39, 0.29) is 28.0 Å². The van der Waals surface area contributed by atoms with Crippen LogP contribution in [0.3, 0.4) is 0 Å². The summed E-state index contributed by atoms with van der Waals surface area (Å²) in [6.45, 7) is 2.05. The summed E-state index contributed by atoms with van der Waals surface area (Å²) >= 11 is 7.41. The van der Waals surface area contributed by atoms with Crippen LogP contribution in [0.1, 0.15) is 38.5 Å². The highest BCUT2D eigenvalue weighted by molar-refractivity contribution is 7.91. The lowest BCUT2D eigenvalue weighted by Gasteiger charge is -2.11. The molecule has 0 atom stereocenters. The van der Waals surface area contributed by atoms with Crippen molar-refractivity contribution in [3.8, 4) is 17.0 Å². The predicted octanol–water partition coefficient (Wildman–Crippen LogP) is 8.31. The zero-order chi connectivity index (χ0) is 30.4. The first-order valence-electron chi connectivity index (χ1n) is 13.6. The number of hydrogen-bond acceptors (Lipinski definition) is 6. The third-order valence-electron chi connectivity index (χ3n) is 6.80. The average Bonchev–Trinajstić information content (AvgIpc) is 3.47. The van der Waals surface area contributed by atoms with Crippen LogP contribution in [0.2, 0.25) is 5.02 Å². The van der Waals surface area contributed by atoms with Crippen molar-refractivity contribution in [3.05, 3.63) is 129 Å². The smallest absolute Gasteiger partial charge is 0.255 e. The van der Waals surface area contributed by atoms with Gasteiger partial charge in [0.15, 0.2) is 9.84 Å². The quantitative estimate of drug-likeness (QED) is 0.152. The first-order valence-corrected chi connectivity index (χ1v) is 16.5. The van der Waals surface area contributed by atoms with Crippen molar-refractivity contribution in [2.24, 2.45) is 0 Å². The lowest BCUT2D eigenvalue weighted by molar-refractivity contribution is 0.102. The lowest BCUT2D eigenvalue weighted by atomic mass is 10.1. The molecular weight excluding hydrogens is 600 g/mol. The number of benzene rings is 4.